The average Bonchev–Trinajstić information content (AvgIpc) is 2.85. The Morgan fingerprint density at radius 2 is 2.16 bits per heavy atom. The van der Waals surface area contributed by atoms with Gasteiger partial charge in [-0.3, -0.25) is 15.2 Å². The Morgan fingerprint density at radius 1 is 1.47 bits per heavy atom. The van der Waals surface area contributed by atoms with E-state index in [4.69, 9.17) is 4.74 Å². The lowest BCUT2D eigenvalue weighted by Crippen LogP contribution is -2.32. The molecule has 0 aliphatic carbocycles. The van der Waals surface area contributed by atoms with Crippen LogP contribution in [0.4, 0.5) is 5.69 Å². The largest absolute Gasteiger partial charge is 0.464 e. The standard InChI is InChI=1S/C13H16N2O4/c1-2-19-13(18)12(17)9-3-5-10(6-4-9)15-8-7-11(16)14-15/h3-6,12,17H,2,7-8H2,1H3,(H,14,16). The van der Waals surface area contributed by atoms with Gasteiger partial charge in [0.1, 0.15) is 0 Å². The van der Waals surface area contributed by atoms with Crippen molar-refractivity contribution in [1.29, 1.82) is 0 Å². The maximum Gasteiger partial charge on any atom is 0.339 e. The first-order valence-corrected chi connectivity index (χ1v) is 6.13. The number of rotatable bonds is 4. The van der Waals surface area contributed by atoms with Gasteiger partial charge in [0.2, 0.25) is 5.91 Å². The number of ether oxygens (including phenoxy) is 1. The lowest BCUT2D eigenvalue weighted by Gasteiger charge is -2.18. The zero-order valence-electron chi connectivity index (χ0n) is 10.6. The third-order valence-corrected chi connectivity index (χ3v) is 2.85. The first-order valence-electron chi connectivity index (χ1n) is 6.13. The summed E-state index contributed by atoms with van der Waals surface area (Å²) in [6.07, 6.45) is -0.810. The van der Waals surface area contributed by atoms with E-state index in [0.717, 1.165) is 5.69 Å². The molecular formula is C13H16N2O4. The number of carbonyl (C=O) groups excluding carboxylic acids is 2. The second-order valence-corrected chi connectivity index (χ2v) is 4.18. The smallest absolute Gasteiger partial charge is 0.339 e. The van der Waals surface area contributed by atoms with Gasteiger partial charge in [0.25, 0.3) is 0 Å². The zero-order chi connectivity index (χ0) is 13.8. The summed E-state index contributed by atoms with van der Waals surface area (Å²) in [4.78, 5) is 22.5. The summed E-state index contributed by atoms with van der Waals surface area (Å²) in [5.41, 5.74) is 3.98. The molecular weight excluding hydrogens is 248 g/mol. The summed E-state index contributed by atoms with van der Waals surface area (Å²) < 4.78 is 4.75. The minimum atomic E-state index is -1.28. The lowest BCUT2D eigenvalue weighted by atomic mass is 10.1. The molecule has 0 bridgehead atoms. The van der Waals surface area contributed by atoms with Gasteiger partial charge in [-0.1, -0.05) is 12.1 Å². The highest BCUT2D eigenvalue weighted by molar-refractivity contribution is 5.81. The van der Waals surface area contributed by atoms with E-state index in [0.29, 0.717) is 18.5 Å². The van der Waals surface area contributed by atoms with Gasteiger partial charge >= 0.3 is 5.97 Å². The number of carbonyl (C=O) groups is 2. The molecule has 1 aliphatic rings. The van der Waals surface area contributed by atoms with Gasteiger partial charge in [-0.25, -0.2) is 4.79 Å². The molecule has 102 valence electrons. The van der Waals surface area contributed by atoms with Crippen LogP contribution in [0.15, 0.2) is 24.3 Å². The number of hydrazine groups is 1. The predicted octanol–water partition coefficient (Wildman–Crippen LogP) is 0.524. The highest BCUT2D eigenvalue weighted by Crippen LogP contribution is 2.20. The average molecular weight is 264 g/mol. The molecule has 0 aromatic heterocycles. The number of nitrogens with zero attached hydrogens (tertiary/aromatic N) is 1. The second kappa shape index (κ2) is 5.71. The van der Waals surface area contributed by atoms with Gasteiger partial charge in [0, 0.05) is 13.0 Å². The molecule has 2 rings (SSSR count). The van der Waals surface area contributed by atoms with Crippen molar-refractivity contribution in [3.05, 3.63) is 29.8 Å². The molecule has 0 saturated carbocycles. The van der Waals surface area contributed by atoms with Crippen molar-refractivity contribution in [3.63, 3.8) is 0 Å². The van der Waals surface area contributed by atoms with Gasteiger partial charge in [-0.05, 0) is 24.6 Å². The van der Waals surface area contributed by atoms with E-state index in [1.807, 2.05) is 0 Å². The third kappa shape index (κ3) is 3.03. The highest BCUT2D eigenvalue weighted by Gasteiger charge is 2.21. The second-order valence-electron chi connectivity index (χ2n) is 4.18. The number of hydrogen-bond donors (Lipinski definition) is 2. The van der Waals surface area contributed by atoms with Crippen LogP contribution < -0.4 is 10.4 Å². The normalized spacial score (nSPS) is 16.1. The Labute approximate surface area is 110 Å². The minimum absolute atomic E-state index is 0.0179. The molecule has 1 unspecified atom stereocenters. The van der Waals surface area contributed by atoms with Gasteiger partial charge in [0.05, 0.1) is 12.3 Å². The Morgan fingerprint density at radius 3 is 2.68 bits per heavy atom. The third-order valence-electron chi connectivity index (χ3n) is 2.85. The molecule has 1 aromatic carbocycles. The van der Waals surface area contributed by atoms with Gasteiger partial charge in [-0.2, -0.15) is 0 Å². The van der Waals surface area contributed by atoms with Crippen molar-refractivity contribution in [3.8, 4) is 0 Å². The summed E-state index contributed by atoms with van der Waals surface area (Å²) in [6, 6.07) is 6.76. The molecule has 1 heterocycles. The van der Waals surface area contributed by atoms with Gasteiger partial charge in [0.15, 0.2) is 6.10 Å². The number of esters is 1. The maximum atomic E-state index is 11.4. The van der Waals surface area contributed by atoms with Crippen molar-refractivity contribution < 1.29 is 19.4 Å². The molecule has 0 radical (unpaired) electrons. The van der Waals surface area contributed by atoms with Crippen molar-refractivity contribution in [2.75, 3.05) is 18.2 Å². The van der Waals surface area contributed by atoms with Crippen LogP contribution in [-0.4, -0.2) is 30.1 Å². The number of amides is 1. The number of aliphatic hydroxyl groups excluding tert-OH is 1. The molecule has 1 amide bonds. The van der Waals surface area contributed by atoms with Gasteiger partial charge < -0.3 is 9.84 Å². The molecule has 19 heavy (non-hydrogen) atoms. The Balaban J connectivity index is 2.05. The van der Waals surface area contributed by atoms with E-state index >= 15 is 0 Å². The summed E-state index contributed by atoms with van der Waals surface area (Å²) in [6.45, 7) is 2.52. The summed E-state index contributed by atoms with van der Waals surface area (Å²) in [5.74, 6) is -0.680. The molecule has 2 N–H and O–H groups in total. The van der Waals surface area contributed by atoms with Gasteiger partial charge in [-0.15, -0.1) is 0 Å². The first-order chi connectivity index (χ1) is 9.11. The number of nitrogens with one attached hydrogen (secondary N) is 1. The number of anilines is 1. The van der Waals surface area contributed by atoms with E-state index in [2.05, 4.69) is 5.43 Å². The zero-order valence-corrected chi connectivity index (χ0v) is 10.6. The van der Waals surface area contributed by atoms with Crippen LogP contribution >= 0.6 is 0 Å². The van der Waals surface area contributed by atoms with E-state index in [-0.39, 0.29) is 12.5 Å². The summed E-state index contributed by atoms with van der Waals surface area (Å²) in [5, 5.41) is 11.5. The molecule has 1 aliphatic heterocycles. The quantitative estimate of drug-likeness (QED) is 0.775. The predicted molar refractivity (Wildman–Crippen MR) is 68.1 cm³/mol. The fourth-order valence-corrected chi connectivity index (χ4v) is 1.86. The van der Waals surface area contributed by atoms with Crippen LogP contribution in [0.25, 0.3) is 0 Å². The van der Waals surface area contributed by atoms with Crippen LogP contribution in [0.5, 0.6) is 0 Å². The van der Waals surface area contributed by atoms with Crippen LogP contribution in [0.1, 0.15) is 25.0 Å². The maximum absolute atomic E-state index is 11.4. The SMILES string of the molecule is CCOC(=O)C(O)c1ccc(N2CCC(=O)N2)cc1. The van der Waals surface area contributed by atoms with Crippen molar-refractivity contribution in [2.45, 2.75) is 19.4 Å². The van der Waals surface area contributed by atoms with Crippen LogP contribution in [-0.2, 0) is 14.3 Å². The Bertz CT molecular complexity index is 472. The minimum Gasteiger partial charge on any atom is -0.464 e. The van der Waals surface area contributed by atoms with Crippen LogP contribution in [0.2, 0.25) is 0 Å². The monoisotopic (exact) mass is 264 g/mol. The molecule has 6 nitrogen and oxygen atoms in total. The Hall–Kier alpha value is -2.08. The summed E-state index contributed by atoms with van der Waals surface area (Å²) >= 11 is 0. The molecule has 0 spiro atoms. The van der Waals surface area contributed by atoms with E-state index < -0.39 is 12.1 Å². The fraction of sp³-hybridized carbons (Fsp3) is 0.385. The number of aliphatic hydroxyl groups is 1. The van der Waals surface area contributed by atoms with E-state index in [1.165, 1.54) is 0 Å². The molecule has 1 atom stereocenters. The van der Waals surface area contributed by atoms with Crippen molar-refractivity contribution in [2.24, 2.45) is 0 Å². The topological polar surface area (TPSA) is 78.9 Å². The van der Waals surface area contributed by atoms with Crippen molar-refractivity contribution >= 4 is 17.6 Å². The Kier molecular flexibility index (Phi) is 4.01. The molecule has 1 saturated heterocycles. The molecule has 1 aromatic rings. The number of benzene rings is 1. The van der Waals surface area contributed by atoms with Crippen LogP contribution in [0, 0.1) is 0 Å². The highest BCUT2D eigenvalue weighted by atomic mass is 16.5. The summed E-state index contributed by atoms with van der Waals surface area (Å²) in [7, 11) is 0. The van der Waals surface area contributed by atoms with Crippen LogP contribution in [0.3, 0.4) is 0 Å². The first kappa shape index (κ1) is 13.4. The molecule has 6 heteroatoms. The van der Waals surface area contributed by atoms with E-state index in [9.17, 15) is 14.7 Å². The van der Waals surface area contributed by atoms with Crippen molar-refractivity contribution in [1.82, 2.24) is 5.43 Å². The number of hydrogen-bond acceptors (Lipinski definition) is 5. The molecule has 1 fully saturated rings. The lowest BCUT2D eigenvalue weighted by molar-refractivity contribution is -0.153. The fourth-order valence-electron chi connectivity index (χ4n) is 1.86. The van der Waals surface area contributed by atoms with E-state index in [1.54, 1.807) is 36.2 Å².